The predicted octanol–water partition coefficient (Wildman–Crippen LogP) is 5.01. The average Bonchev–Trinajstić information content (AvgIpc) is 3.52. The summed E-state index contributed by atoms with van der Waals surface area (Å²) in [5, 5.41) is 17.5. The molecule has 0 aliphatic heterocycles. The Bertz CT molecular complexity index is 1470. The minimum atomic E-state index is -0.261. The van der Waals surface area contributed by atoms with Crippen molar-refractivity contribution in [3.05, 3.63) is 81.9 Å². The molecule has 0 spiro atoms. The number of pyridine rings is 1. The van der Waals surface area contributed by atoms with Gasteiger partial charge in [0.1, 0.15) is 10.6 Å². The fourth-order valence-corrected chi connectivity index (χ4v) is 5.51. The van der Waals surface area contributed by atoms with Gasteiger partial charge in [-0.3, -0.25) is 4.79 Å². The number of hydrogen-bond acceptors (Lipinski definition) is 8. The number of carbonyl (C=O) groups excluding carboxylic acids is 1. The molecule has 0 saturated carbocycles. The lowest BCUT2D eigenvalue weighted by molar-refractivity contribution is 0.0924. The van der Waals surface area contributed by atoms with Crippen LogP contribution in [-0.4, -0.2) is 30.9 Å². The maximum absolute atomic E-state index is 13.1. The van der Waals surface area contributed by atoms with E-state index in [0.717, 1.165) is 43.1 Å². The van der Waals surface area contributed by atoms with Gasteiger partial charge in [0.25, 0.3) is 5.91 Å². The van der Waals surface area contributed by atoms with Crippen LogP contribution in [0.2, 0.25) is 0 Å². The number of rotatable bonds is 7. The number of nitrogens with zero attached hydrogens (tertiary/aromatic N) is 5. The molecule has 0 unspecified atom stereocenters. The van der Waals surface area contributed by atoms with Crippen LogP contribution >= 0.6 is 23.1 Å². The molecule has 0 aliphatic rings. The lowest BCUT2D eigenvalue weighted by atomic mass is 10.1. The van der Waals surface area contributed by atoms with E-state index in [1.807, 2.05) is 63.2 Å². The van der Waals surface area contributed by atoms with E-state index in [0.29, 0.717) is 23.6 Å². The summed E-state index contributed by atoms with van der Waals surface area (Å²) in [5.41, 5.74) is 4.38. The zero-order chi connectivity index (χ0) is 23.7. The predicted molar refractivity (Wildman–Crippen MR) is 132 cm³/mol. The SMILES string of the molecule is Cc1cc(C)n(-c2ccc(CNC(=O)c3oc4ccccc4c3CSc3nnc(C)s3)cn2)n1. The van der Waals surface area contributed by atoms with Crippen LogP contribution < -0.4 is 5.32 Å². The molecule has 0 saturated heterocycles. The van der Waals surface area contributed by atoms with Gasteiger partial charge >= 0.3 is 0 Å². The van der Waals surface area contributed by atoms with Gasteiger partial charge in [0.05, 0.1) is 5.69 Å². The highest BCUT2D eigenvalue weighted by Gasteiger charge is 2.21. The van der Waals surface area contributed by atoms with Gasteiger partial charge in [-0.2, -0.15) is 5.10 Å². The van der Waals surface area contributed by atoms with Crippen molar-refractivity contribution in [2.75, 3.05) is 0 Å². The van der Waals surface area contributed by atoms with Crippen molar-refractivity contribution in [3.63, 3.8) is 0 Å². The second kappa shape index (κ2) is 9.40. The number of fused-ring (bicyclic) bond motifs is 1. The van der Waals surface area contributed by atoms with Crippen molar-refractivity contribution in [1.82, 2.24) is 30.3 Å². The Morgan fingerprint density at radius 1 is 1.15 bits per heavy atom. The van der Waals surface area contributed by atoms with E-state index in [4.69, 9.17) is 4.42 Å². The van der Waals surface area contributed by atoms with E-state index in [2.05, 4.69) is 25.6 Å². The molecule has 10 heteroatoms. The maximum Gasteiger partial charge on any atom is 0.287 e. The van der Waals surface area contributed by atoms with Crippen LogP contribution in [0.25, 0.3) is 16.8 Å². The first-order valence-electron chi connectivity index (χ1n) is 10.7. The van der Waals surface area contributed by atoms with Gasteiger partial charge in [-0.25, -0.2) is 9.67 Å². The molecule has 8 nitrogen and oxygen atoms in total. The molecule has 34 heavy (non-hydrogen) atoms. The third-order valence-corrected chi connectivity index (χ3v) is 7.24. The average molecular weight is 491 g/mol. The summed E-state index contributed by atoms with van der Waals surface area (Å²) in [4.78, 5) is 17.6. The second-order valence-corrected chi connectivity index (χ2v) is 10.2. The van der Waals surface area contributed by atoms with E-state index < -0.39 is 0 Å². The molecule has 0 aliphatic carbocycles. The number of amides is 1. The number of para-hydroxylation sites is 1. The van der Waals surface area contributed by atoms with Crippen LogP contribution in [0.15, 0.2) is 57.4 Å². The molecule has 0 atom stereocenters. The number of carbonyl (C=O) groups is 1. The fraction of sp³-hybridized carbons (Fsp3) is 0.208. The number of benzene rings is 1. The number of furan rings is 1. The Morgan fingerprint density at radius 3 is 2.71 bits per heavy atom. The van der Waals surface area contributed by atoms with Gasteiger partial charge in [0.2, 0.25) is 0 Å². The third-order valence-electron chi connectivity index (χ3n) is 5.24. The Morgan fingerprint density at radius 2 is 2.00 bits per heavy atom. The minimum Gasteiger partial charge on any atom is -0.451 e. The van der Waals surface area contributed by atoms with Crippen molar-refractivity contribution >= 4 is 40.0 Å². The highest BCUT2D eigenvalue weighted by Crippen LogP contribution is 2.33. The number of aryl methyl sites for hydroxylation is 3. The zero-order valence-electron chi connectivity index (χ0n) is 18.9. The summed E-state index contributed by atoms with van der Waals surface area (Å²) in [5.74, 6) is 1.36. The Labute approximate surface area is 204 Å². The molecule has 172 valence electrons. The van der Waals surface area contributed by atoms with Crippen molar-refractivity contribution in [1.29, 1.82) is 0 Å². The monoisotopic (exact) mass is 490 g/mol. The number of aromatic nitrogens is 5. The lowest BCUT2D eigenvalue weighted by Gasteiger charge is -2.07. The number of thioether (sulfide) groups is 1. The Balaban J connectivity index is 1.32. The fourth-order valence-electron chi connectivity index (χ4n) is 3.67. The molecule has 5 aromatic rings. The summed E-state index contributed by atoms with van der Waals surface area (Å²) in [7, 11) is 0. The first-order chi connectivity index (χ1) is 16.5. The standard InChI is InChI=1S/C24H22N6O2S2/c1-14-10-15(2)30(29-14)21-9-8-17(11-25-21)12-26-23(31)22-19(13-33-24-28-27-16(3)34-24)18-6-4-5-7-20(18)32-22/h4-11H,12-13H2,1-3H3,(H,26,31). The highest BCUT2D eigenvalue weighted by atomic mass is 32.2. The largest absolute Gasteiger partial charge is 0.451 e. The quantitative estimate of drug-likeness (QED) is 0.320. The zero-order valence-corrected chi connectivity index (χ0v) is 20.5. The van der Waals surface area contributed by atoms with Gasteiger partial charge in [-0.1, -0.05) is 47.4 Å². The van der Waals surface area contributed by atoms with E-state index in [-0.39, 0.29) is 5.91 Å². The lowest BCUT2D eigenvalue weighted by Crippen LogP contribution is -2.23. The molecule has 0 radical (unpaired) electrons. The van der Waals surface area contributed by atoms with Gasteiger partial charge < -0.3 is 9.73 Å². The van der Waals surface area contributed by atoms with E-state index in [9.17, 15) is 4.79 Å². The van der Waals surface area contributed by atoms with Gasteiger partial charge in [0.15, 0.2) is 15.9 Å². The topological polar surface area (TPSA) is 98.7 Å². The minimum absolute atomic E-state index is 0.261. The van der Waals surface area contributed by atoms with Crippen molar-refractivity contribution in [2.24, 2.45) is 0 Å². The Hall–Kier alpha value is -3.50. The molecular formula is C24H22N6O2S2. The molecule has 1 N–H and O–H groups in total. The second-order valence-electron chi connectivity index (χ2n) is 7.83. The number of nitrogens with one attached hydrogen (secondary N) is 1. The summed E-state index contributed by atoms with van der Waals surface area (Å²) in [6.07, 6.45) is 1.75. The number of hydrogen-bond donors (Lipinski definition) is 1. The van der Waals surface area contributed by atoms with Gasteiger partial charge in [-0.15, -0.1) is 10.2 Å². The first-order valence-corrected chi connectivity index (χ1v) is 12.5. The van der Waals surface area contributed by atoms with Crippen molar-refractivity contribution in [3.8, 4) is 5.82 Å². The Kier molecular flexibility index (Phi) is 6.16. The van der Waals surface area contributed by atoms with Crippen LogP contribution in [0.4, 0.5) is 0 Å². The molecular weight excluding hydrogens is 468 g/mol. The van der Waals surface area contributed by atoms with E-state index >= 15 is 0 Å². The summed E-state index contributed by atoms with van der Waals surface area (Å²) in [6.45, 7) is 6.20. The molecule has 0 fully saturated rings. The van der Waals surface area contributed by atoms with Crippen molar-refractivity contribution < 1.29 is 9.21 Å². The highest BCUT2D eigenvalue weighted by molar-refractivity contribution is 8.00. The summed E-state index contributed by atoms with van der Waals surface area (Å²) >= 11 is 3.08. The van der Waals surface area contributed by atoms with Crippen LogP contribution in [0.1, 0.15) is 38.1 Å². The summed E-state index contributed by atoms with van der Waals surface area (Å²) in [6, 6.07) is 13.5. The van der Waals surface area contributed by atoms with Gasteiger partial charge in [-0.05, 0) is 44.5 Å². The van der Waals surface area contributed by atoms with E-state index in [1.165, 1.54) is 11.3 Å². The maximum atomic E-state index is 13.1. The molecule has 1 amide bonds. The normalized spacial score (nSPS) is 11.3. The summed E-state index contributed by atoms with van der Waals surface area (Å²) < 4.78 is 8.62. The van der Waals surface area contributed by atoms with E-state index in [1.54, 1.807) is 22.6 Å². The third kappa shape index (κ3) is 4.59. The first kappa shape index (κ1) is 22.3. The molecule has 4 heterocycles. The molecule has 4 aromatic heterocycles. The smallest absolute Gasteiger partial charge is 0.287 e. The van der Waals surface area contributed by atoms with Crippen molar-refractivity contribution in [2.45, 2.75) is 37.4 Å². The van der Waals surface area contributed by atoms with Crippen LogP contribution in [0.3, 0.4) is 0 Å². The molecule has 1 aromatic carbocycles. The molecule has 5 rings (SSSR count). The molecule has 0 bridgehead atoms. The van der Waals surface area contributed by atoms with Crippen LogP contribution in [-0.2, 0) is 12.3 Å². The van der Waals surface area contributed by atoms with Crippen LogP contribution in [0, 0.1) is 20.8 Å². The van der Waals surface area contributed by atoms with Crippen LogP contribution in [0.5, 0.6) is 0 Å². The van der Waals surface area contributed by atoms with Gasteiger partial charge in [0, 0.05) is 35.1 Å².